The van der Waals surface area contributed by atoms with E-state index in [9.17, 15) is 24.3 Å². The first-order valence-electron chi connectivity index (χ1n) is 9.46. The summed E-state index contributed by atoms with van der Waals surface area (Å²) in [6, 6.07) is 5.47. The topological polar surface area (TPSA) is 95.0 Å². The molecule has 0 aromatic heterocycles. The highest BCUT2D eigenvalue weighted by atomic mass is 16.4. The van der Waals surface area contributed by atoms with Crippen LogP contribution in [-0.4, -0.2) is 57.2 Å². The molecular weight excluding hydrogens is 348 g/mol. The molecule has 2 aliphatic heterocycles. The molecule has 0 radical (unpaired) electrons. The first-order chi connectivity index (χ1) is 13.0. The maximum atomic E-state index is 13.2. The fourth-order valence-electron chi connectivity index (χ4n) is 4.26. The van der Waals surface area contributed by atoms with Crippen molar-refractivity contribution in [2.45, 2.75) is 50.6 Å². The van der Waals surface area contributed by atoms with Gasteiger partial charge in [0.2, 0.25) is 5.91 Å². The standard InChI is InChI=1S/C20H22N2O5/c23-17(24)11-21-13(10-12-8-9-12)4-3-7-16(20(21)27)22-18(25)14-5-1-2-6-15(14)19(22)26/h1-2,5-6,12-13,16H,3-4,7-11H2,(H,23,24)/t13?,16-/m0/s1. The minimum Gasteiger partial charge on any atom is -0.480 e. The molecule has 1 saturated carbocycles. The van der Waals surface area contributed by atoms with Crippen LogP contribution < -0.4 is 0 Å². The van der Waals surface area contributed by atoms with Crippen molar-refractivity contribution in [1.82, 2.24) is 9.80 Å². The van der Waals surface area contributed by atoms with E-state index in [4.69, 9.17) is 0 Å². The third-order valence-corrected chi connectivity index (χ3v) is 5.77. The Kier molecular flexibility index (Phi) is 4.45. The number of carboxylic acids is 1. The van der Waals surface area contributed by atoms with E-state index in [1.54, 1.807) is 24.3 Å². The Morgan fingerprint density at radius 3 is 2.19 bits per heavy atom. The number of aliphatic carboxylic acids is 1. The van der Waals surface area contributed by atoms with Gasteiger partial charge in [0.1, 0.15) is 12.6 Å². The molecule has 7 heteroatoms. The van der Waals surface area contributed by atoms with Gasteiger partial charge in [-0.2, -0.15) is 0 Å². The van der Waals surface area contributed by atoms with E-state index in [2.05, 4.69) is 0 Å². The molecule has 4 rings (SSSR count). The molecule has 142 valence electrons. The molecule has 3 aliphatic rings. The van der Waals surface area contributed by atoms with Crippen molar-refractivity contribution in [3.63, 3.8) is 0 Å². The van der Waals surface area contributed by atoms with Crippen molar-refractivity contribution in [3.05, 3.63) is 35.4 Å². The number of carbonyl (C=O) groups is 4. The van der Waals surface area contributed by atoms with E-state index in [-0.39, 0.29) is 6.04 Å². The van der Waals surface area contributed by atoms with E-state index in [0.717, 1.165) is 24.2 Å². The number of carboxylic acid groups (broad SMARTS) is 1. The lowest BCUT2D eigenvalue weighted by atomic mass is 10.0. The van der Waals surface area contributed by atoms with E-state index in [0.29, 0.717) is 36.3 Å². The predicted octanol–water partition coefficient (Wildman–Crippen LogP) is 1.92. The smallest absolute Gasteiger partial charge is 0.323 e. The van der Waals surface area contributed by atoms with Crippen LogP contribution in [0.3, 0.4) is 0 Å². The zero-order valence-electron chi connectivity index (χ0n) is 15.0. The molecule has 1 aromatic rings. The number of nitrogens with zero attached hydrogens (tertiary/aromatic N) is 2. The van der Waals surface area contributed by atoms with E-state index >= 15 is 0 Å². The van der Waals surface area contributed by atoms with Crippen LogP contribution in [0.25, 0.3) is 0 Å². The lowest BCUT2D eigenvalue weighted by Gasteiger charge is -2.32. The number of rotatable bonds is 5. The summed E-state index contributed by atoms with van der Waals surface area (Å²) in [6.07, 6.45) is 4.79. The number of likely N-dealkylation sites (tertiary alicyclic amines) is 1. The van der Waals surface area contributed by atoms with Gasteiger partial charge in [0.25, 0.3) is 11.8 Å². The molecule has 1 N–H and O–H groups in total. The van der Waals surface area contributed by atoms with Gasteiger partial charge in [-0.15, -0.1) is 0 Å². The lowest BCUT2D eigenvalue weighted by molar-refractivity contribution is -0.147. The van der Waals surface area contributed by atoms with Gasteiger partial charge in [-0.3, -0.25) is 24.1 Å². The molecule has 3 amide bonds. The average molecular weight is 370 g/mol. The van der Waals surface area contributed by atoms with Crippen LogP contribution >= 0.6 is 0 Å². The highest BCUT2D eigenvalue weighted by Gasteiger charge is 2.46. The second-order valence-corrected chi connectivity index (χ2v) is 7.67. The maximum absolute atomic E-state index is 13.2. The molecule has 1 aromatic carbocycles. The first-order valence-corrected chi connectivity index (χ1v) is 9.46. The first kappa shape index (κ1) is 17.7. The lowest BCUT2D eigenvalue weighted by Crippen LogP contribution is -2.53. The Morgan fingerprint density at radius 2 is 1.63 bits per heavy atom. The molecule has 0 bridgehead atoms. The van der Waals surface area contributed by atoms with Gasteiger partial charge >= 0.3 is 5.97 Å². The summed E-state index contributed by atoms with van der Waals surface area (Å²) < 4.78 is 0. The maximum Gasteiger partial charge on any atom is 0.323 e. The Balaban J connectivity index is 1.63. The predicted molar refractivity (Wildman–Crippen MR) is 95.1 cm³/mol. The normalized spacial score (nSPS) is 25.6. The van der Waals surface area contributed by atoms with Crippen molar-refractivity contribution in [3.8, 4) is 0 Å². The zero-order valence-corrected chi connectivity index (χ0v) is 15.0. The molecule has 0 spiro atoms. The third-order valence-electron chi connectivity index (χ3n) is 5.77. The second-order valence-electron chi connectivity index (χ2n) is 7.67. The molecule has 2 fully saturated rings. The summed E-state index contributed by atoms with van der Waals surface area (Å²) in [5.74, 6) is -1.88. The molecule has 2 atom stereocenters. The monoisotopic (exact) mass is 370 g/mol. The van der Waals surface area contributed by atoms with Crippen LogP contribution in [0, 0.1) is 5.92 Å². The summed E-state index contributed by atoms with van der Waals surface area (Å²) in [5, 5.41) is 9.30. The van der Waals surface area contributed by atoms with Gasteiger partial charge in [-0.05, 0) is 43.7 Å². The van der Waals surface area contributed by atoms with Gasteiger partial charge in [-0.25, -0.2) is 0 Å². The van der Waals surface area contributed by atoms with Crippen molar-refractivity contribution < 1.29 is 24.3 Å². The van der Waals surface area contributed by atoms with Crippen LogP contribution in [0.1, 0.15) is 59.2 Å². The van der Waals surface area contributed by atoms with Gasteiger partial charge < -0.3 is 10.0 Å². The van der Waals surface area contributed by atoms with Gasteiger partial charge in [0.15, 0.2) is 0 Å². The Hall–Kier alpha value is -2.70. The molecular formula is C20H22N2O5. The van der Waals surface area contributed by atoms with Crippen molar-refractivity contribution in [1.29, 1.82) is 0 Å². The highest BCUT2D eigenvalue weighted by molar-refractivity contribution is 6.22. The Morgan fingerprint density at radius 1 is 1.00 bits per heavy atom. The van der Waals surface area contributed by atoms with E-state index in [1.165, 1.54) is 4.90 Å². The summed E-state index contributed by atoms with van der Waals surface area (Å²) in [7, 11) is 0. The number of hydrogen-bond acceptors (Lipinski definition) is 4. The molecule has 1 unspecified atom stereocenters. The number of hydrogen-bond donors (Lipinski definition) is 1. The van der Waals surface area contributed by atoms with Gasteiger partial charge in [-0.1, -0.05) is 25.0 Å². The van der Waals surface area contributed by atoms with Crippen molar-refractivity contribution in [2.24, 2.45) is 5.92 Å². The highest BCUT2D eigenvalue weighted by Crippen LogP contribution is 2.38. The number of benzene rings is 1. The Labute approximate surface area is 156 Å². The average Bonchev–Trinajstić information content (AvgIpc) is 3.44. The SMILES string of the molecule is O=C(O)CN1C(=O)[C@@H](N2C(=O)c3ccccc3C2=O)CCCC1CC1CC1. The van der Waals surface area contributed by atoms with E-state index < -0.39 is 36.3 Å². The number of imide groups is 1. The fourth-order valence-corrected chi connectivity index (χ4v) is 4.26. The quantitative estimate of drug-likeness (QED) is 0.799. The van der Waals surface area contributed by atoms with Gasteiger partial charge in [0.05, 0.1) is 11.1 Å². The van der Waals surface area contributed by atoms with Crippen LogP contribution in [-0.2, 0) is 9.59 Å². The summed E-state index contributed by atoms with van der Waals surface area (Å²) in [6.45, 7) is -0.393. The summed E-state index contributed by atoms with van der Waals surface area (Å²) in [5.41, 5.74) is 0.609. The van der Waals surface area contributed by atoms with Crippen molar-refractivity contribution >= 4 is 23.7 Å². The Bertz CT molecular complexity index is 781. The molecule has 1 aliphatic carbocycles. The zero-order chi connectivity index (χ0) is 19.1. The number of amides is 3. The third kappa shape index (κ3) is 3.22. The minimum absolute atomic E-state index is 0.138. The largest absolute Gasteiger partial charge is 0.480 e. The van der Waals surface area contributed by atoms with E-state index in [1.807, 2.05) is 0 Å². The van der Waals surface area contributed by atoms with Crippen LogP contribution in [0.15, 0.2) is 24.3 Å². The fraction of sp³-hybridized carbons (Fsp3) is 0.500. The van der Waals surface area contributed by atoms with Gasteiger partial charge in [0, 0.05) is 6.04 Å². The summed E-state index contributed by atoms with van der Waals surface area (Å²) >= 11 is 0. The molecule has 7 nitrogen and oxygen atoms in total. The number of carbonyl (C=O) groups excluding carboxylic acids is 3. The van der Waals surface area contributed by atoms with Crippen LogP contribution in [0.4, 0.5) is 0 Å². The molecule has 1 saturated heterocycles. The summed E-state index contributed by atoms with van der Waals surface area (Å²) in [4.78, 5) is 52.6. The minimum atomic E-state index is -1.08. The molecule has 2 heterocycles. The number of fused-ring (bicyclic) bond motifs is 1. The second kappa shape index (κ2) is 6.79. The van der Waals surface area contributed by atoms with Crippen molar-refractivity contribution in [2.75, 3.05) is 6.54 Å². The van der Waals surface area contributed by atoms with Crippen LogP contribution in [0.2, 0.25) is 0 Å². The van der Waals surface area contributed by atoms with Crippen LogP contribution in [0.5, 0.6) is 0 Å². The molecule has 27 heavy (non-hydrogen) atoms.